The number of nitrogens with zero attached hydrogens (tertiary/aromatic N) is 1. The van der Waals surface area contributed by atoms with Crippen LogP contribution in [0.3, 0.4) is 0 Å². The summed E-state index contributed by atoms with van der Waals surface area (Å²) in [5, 5.41) is 5.20. The first kappa shape index (κ1) is 17.3. The van der Waals surface area contributed by atoms with E-state index in [0.717, 1.165) is 24.3 Å². The van der Waals surface area contributed by atoms with E-state index >= 15 is 0 Å². The van der Waals surface area contributed by atoms with E-state index in [1.54, 1.807) is 0 Å². The van der Waals surface area contributed by atoms with Crippen LogP contribution in [-0.2, 0) is 4.79 Å². The van der Waals surface area contributed by atoms with Crippen LogP contribution < -0.4 is 5.32 Å². The highest BCUT2D eigenvalue weighted by molar-refractivity contribution is 7.12. The molecule has 2 fully saturated rings. The molecule has 0 radical (unpaired) electrons. The molecular weight excluding hydrogens is 344 g/mol. The van der Waals surface area contributed by atoms with Crippen LogP contribution in [0.25, 0.3) is 0 Å². The average molecular weight is 369 g/mol. The standard InChI is InChI=1S/C21H24N2O2S/c24-20(22-19(16-10-11-16)15-6-2-1-3-7-15)17-8-4-12-23(14-17)21(25)18-9-5-13-26-18/h1-3,5-7,9,13,16-17,19H,4,8,10-12,14H2,(H,22,24)/t17-,19+/m1/s1. The van der Waals surface area contributed by atoms with Crippen LogP contribution >= 0.6 is 11.3 Å². The summed E-state index contributed by atoms with van der Waals surface area (Å²) < 4.78 is 0. The third-order valence-corrected chi connectivity index (χ3v) is 6.22. The highest BCUT2D eigenvalue weighted by Gasteiger charge is 2.36. The SMILES string of the molecule is O=C(N[C@@H](c1ccccc1)C1CC1)[C@@H]1CCCN(C(=O)c2cccs2)C1. The maximum atomic E-state index is 12.9. The van der Waals surface area contributed by atoms with Gasteiger partial charge in [-0.25, -0.2) is 0 Å². The first-order chi connectivity index (χ1) is 12.7. The summed E-state index contributed by atoms with van der Waals surface area (Å²) in [5.74, 6) is 0.583. The number of amides is 2. The molecule has 26 heavy (non-hydrogen) atoms. The Hall–Kier alpha value is -2.14. The van der Waals surface area contributed by atoms with Crippen molar-refractivity contribution in [2.45, 2.75) is 31.7 Å². The monoisotopic (exact) mass is 368 g/mol. The zero-order valence-electron chi connectivity index (χ0n) is 14.8. The molecule has 0 spiro atoms. The highest BCUT2D eigenvalue weighted by Crippen LogP contribution is 2.41. The summed E-state index contributed by atoms with van der Waals surface area (Å²) in [4.78, 5) is 28.1. The van der Waals surface area contributed by atoms with E-state index < -0.39 is 0 Å². The maximum Gasteiger partial charge on any atom is 0.263 e. The second-order valence-corrected chi connectivity index (χ2v) is 8.25. The van der Waals surface area contributed by atoms with Crippen LogP contribution in [-0.4, -0.2) is 29.8 Å². The minimum Gasteiger partial charge on any atom is -0.349 e. The number of likely N-dealkylation sites (tertiary alicyclic amines) is 1. The van der Waals surface area contributed by atoms with E-state index in [0.29, 0.717) is 12.5 Å². The van der Waals surface area contributed by atoms with Gasteiger partial charge in [0, 0.05) is 13.1 Å². The molecule has 0 bridgehead atoms. The number of piperidine rings is 1. The van der Waals surface area contributed by atoms with Gasteiger partial charge in [0.2, 0.25) is 5.91 Å². The fourth-order valence-electron chi connectivity index (χ4n) is 3.77. The van der Waals surface area contributed by atoms with Crippen molar-refractivity contribution in [3.8, 4) is 0 Å². The predicted octanol–water partition coefficient (Wildman–Crippen LogP) is 3.87. The average Bonchev–Trinajstić information content (AvgIpc) is 3.39. The minimum atomic E-state index is -0.113. The zero-order chi connectivity index (χ0) is 17.9. The Balaban J connectivity index is 1.41. The van der Waals surface area contributed by atoms with Crippen LogP contribution in [0.1, 0.15) is 47.0 Å². The molecule has 5 heteroatoms. The van der Waals surface area contributed by atoms with Crippen molar-refractivity contribution in [2.24, 2.45) is 11.8 Å². The van der Waals surface area contributed by atoms with Crippen molar-refractivity contribution in [3.63, 3.8) is 0 Å². The molecule has 4 rings (SSSR count). The number of hydrogen-bond acceptors (Lipinski definition) is 3. The lowest BCUT2D eigenvalue weighted by atomic mass is 9.95. The zero-order valence-corrected chi connectivity index (χ0v) is 15.6. The van der Waals surface area contributed by atoms with E-state index in [9.17, 15) is 9.59 Å². The summed E-state index contributed by atoms with van der Waals surface area (Å²) in [6.45, 7) is 1.26. The fraction of sp³-hybridized carbons (Fsp3) is 0.429. The van der Waals surface area contributed by atoms with Gasteiger partial charge in [0.25, 0.3) is 5.91 Å². The van der Waals surface area contributed by atoms with Gasteiger partial charge in [-0.05, 0) is 48.6 Å². The van der Waals surface area contributed by atoms with Crippen LogP contribution in [0.4, 0.5) is 0 Å². The summed E-state index contributed by atoms with van der Waals surface area (Å²) >= 11 is 1.46. The lowest BCUT2D eigenvalue weighted by Crippen LogP contribution is -2.46. The first-order valence-corrected chi connectivity index (χ1v) is 10.3. The molecule has 0 unspecified atom stereocenters. The van der Waals surface area contributed by atoms with Crippen LogP contribution in [0, 0.1) is 11.8 Å². The molecule has 1 aliphatic carbocycles. The van der Waals surface area contributed by atoms with E-state index in [-0.39, 0.29) is 23.8 Å². The molecule has 136 valence electrons. The quantitative estimate of drug-likeness (QED) is 0.871. The van der Waals surface area contributed by atoms with Crippen molar-refractivity contribution in [2.75, 3.05) is 13.1 Å². The van der Waals surface area contributed by atoms with Crippen molar-refractivity contribution >= 4 is 23.2 Å². The van der Waals surface area contributed by atoms with Gasteiger partial charge in [-0.15, -0.1) is 11.3 Å². The molecule has 1 N–H and O–H groups in total. The highest BCUT2D eigenvalue weighted by atomic mass is 32.1. The molecular formula is C21H24N2O2S. The predicted molar refractivity (Wildman–Crippen MR) is 103 cm³/mol. The number of nitrogens with one attached hydrogen (secondary N) is 1. The molecule has 2 amide bonds. The van der Waals surface area contributed by atoms with Crippen molar-refractivity contribution in [1.82, 2.24) is 10.2 Å². The minimum absolute atomic E-state index is 0.0549. The van der Waals surface area contributed by atoms with Gasteiger partial charge in [0.15, 0.2) is 0 Å². The fourth-order valence-corrected chi connectivity index (χ4v) is 4.46. The van der Waals surface area contributed by atoms with E-state index in [1.807, 2.05) is 40.6 Å². The summed E-state index contributed by atoms with van der Waals surface area (Å²) in [7, 11) is 0. The molecule has 1 saturated carbocycles. The number of hydrogen-bond donors (Lipinski definition) is 1. The van der Waals surface area contributed by atoms with Crippen LogP contribution in [0.2, 0.25) is 0 Å². The molecule has 1 saturated heterocycles. The van der Waals surface area contributed by atoms with Crippen molar-refractivity contribution in [1.29, 1.82) is 0 Å². The molecule has 1 aliphatic heterocycles. The maximum absolute atomic E-state index is 12.9. The Bertz CT molecular complexity index is 756. The van der Waals surface area contributed by atoms with Gasteiger partial charge < -0.3 is 10.2 Å². The van der Waals surface area contributed by atoms with Gasteiger partial charge in [-0.3, -0.25) is 9.59 Å². The number of thiophene rings is 1. The van der Waals surface area contributed by atoms with E-state index in [1.165, 1.54) is 29.7 Å². The Morgan fingerprint density at radius 1 is 1.08 bits per heavy atom. The Morgan fingerprint density at radius 3 is 2.58 bits per heavy atom. The van der Waals surface area contributed by atoms with Gasteiger partial charge in [-0.1, -0.05) is 36.4 Å². The Kier molecular flexibility index (Phi) is 5.07. The second kappa shape index (κ2) is 7.62. The Morgan fingerprint density at radius 2 is 1.88 bits per heavy atom. The molecule has 2 aromatic rings. The van der Waals surface area contributed by atoms with E-state index in [2.05, 4.69) is 17.4 Å². The Labute approximate surface area is 158 Å². The number of carbonyl (C=O) groups excluding carboxylic acids is 2. The number of rotatable bonds is 5. The number of benzene rings is 1. The van der Waals surface area contributed by atoms with E-state index in [4.69, 9.17) is 0 Å². The molecule has 1 aromatic carbocycles. The molecule has 2 aliphatic rings. The summed E-state index contributed by atoms with van der Waals surface area (Å²) in [5.41, 5.74) is 1.19. The normalized spacial score (nSPS) is 21.2. The third-order valence-electron chi connectivity index (χ3n) is 5.36. The van der Waals surface area contributed by atoms with Crippen LogP contribution in [0.15, 0.2) is 47.8 Å². The smallest absolute Gasteiger partial charge is 0.263 e. The molecule has 2 heterocycles. The summed E-state index contributed by atoms with van der Waals surface area (Å²) in [6.07, 6.45) is 4.09. The van der Waals surface area contributed by atoms with Gasteiger partial charge in [-0.2, -0.15) is 0 Å². The summed E-state index contributed by atoms with van der Waals surface area (Å²) in [6, 6.07) is 14.1. The van der Waals surface area contributed by atoms with Gasteiger partial charge >= 0.3 is 0 Å². The largest absolute Gasteiger partial charge is 0.349 e. The van der Waals surface area contributed by atoms with Crippen molar-refractivity contribution < 1.29 is 9.59 Å². The van der Waals surface area contributed by atoms with Crippen molar-refractivity contribution in [3.05, 3.63) is 58.3 Å². The lowest BCUT2D eigenvalue weighted by Gasteiger charge is -2.33. The molecule has 4 nitrogen and oxygen atoms in total. The molecule has 1 aromatic heterocycles. The number of carbonyl (C=O) groups is 2. The van der Waals surface area contributed by atoms with Gasteiger partial charge in [0.05, 0.1) is 16.8 Å². The van der Waals surface area contributed by atoms with Gasteiger partial charge in [0.1, 0.15) is 0 Å². The van der Waals surface area contributed by atoms with Crippen LogP contribution in [0.5, 0.6) is 0 Å². The topological polar surface area (TPSA) is 49.4 Å². The first-order valence-electron chi connectivity index (χ1n) is 9.40. The second-order valence-electron chi connectivity index (χ2n) is 7.30. The molecule has 2 atom stereocenters. The third kappa shape index (κ3) is 3.83. The lowest BCUT2D eigenvalue weighted by molar-refractivity contribution is -0.127.